The molecule has 2 aromatic carbocycles. The predicted molar refractivity (Wildman–Crippen MR) is 174 cm³/mol. The number of likely N-dealkylation sites (tertiary alicyclic amines) is 1. The average molecular weight is 642 g/mol. The Morgan fingerprint density at radius 2 is 2.11 bits per heavy atom. The van der Waals surface area contributed by atoms with Gasteiger partial charge in [0.25, 0.3) is 0 Å². The molecule has 0 bridgehead atoms. The van der Waals surface area contributed by atoms with E-state index < -0.39 is 17.5 Å². The van der Waals surface area contributed by atoms with Crippen LogP contribution in [-0.2, 0) is 4.74 Å². The summed E-state index contributed by atoms with van der Waals surface area (Å²) < 4.78 is 24.2. The van der Waals surface area contributed by atoms with Crippen LogP contribution in [0, 0.1) is 23.7 Å². The number of benzene rings is 2. The first-order valence-corrected chi connectivity index (χ1v) is 16.0. The molecule has 6 rings (SSSR count). The van der Waals surface area contributed by atoms with Crippen LogP contribution in [0.25, 0.3) is 48.7 Å². The molecule has 45 heavy (non-hydrogen) atoms. The Balaban J connectivity index is 1.50. The lowest BCUT2D eigenvalue weighted by atomic mass is 9.95. The second kappa shape index (κ2) is 11.8. The maximum absolute atomic E-state index is 16.7. The summed E-state index contributed by atoms with van der Waals surface area (Å²) in [6, 6.07) is 10.4. The molecule has 3 aromatic heterocycles. The first-order chi connectivity index (χ1) is 21.6. The molecule has 1 aliphatic heterocycles. The van der Waals surface area contributed by atoms with Crippen molar-refractivity contribution in [2.24, 2.45) is 0 Å². The number of halogens is 2. The van der Waals surface area contributed by atoms with E-state index in [1.807, 2.05) is 37.8 Å². The van der Waals surface area contributed by atoms with E-state index in [0.717, 1.165) is 10.8 Å². The highest BCUT2D eigenvalue weighted by Gasteiger charge is 2.36. The van der Waals surface area contributed by atoms with Crippen LogP contribution in [0.15, 0.2) is 47.8 Å². The third-order valence-corrected chi connectivity index (χ3v) is 8.99. The molecule has 1 saturated heterocycles. The van der Waals surface area contributed by atoms with E-state index in [0.29, 0.717) is 46.4 Å². The second-order valence-corrected chi connectivity index (χ2v) is 13.1. The monoisotopic (exact) mass is 641 g/mol. The highest BCUT2D eigenvalue weighted by molar-refractivity contribution is 7.98. The molecule has 2 atom stereocenters. The van der Waals surface area contributed by atoms with Crippen molar-refractivity contribution in [3.8, 4) is 17.3 Å². The molecule has 0 spiro atoms. The van der Waals surface area contributed by atoms with Gasteiger partial charge in [0.1, 0.15) is 16.1 Å². The van der Waals surface area contributed by atoms with E-state index in [4.69, 9.17) is 33.0 Å². The number of hydrogen-bond acceptors (Lipinski definition) is 7. The summed E-state index contributed by atoms with van der Waals surface area (Å²) in [5, 5.41) is 17.6. The number of amides is 1. The molecule has 5 aromatic rings. The highest BCUT2D eigenvalue weighted by atomic mass is 35.5. The van der Waals surface area contributed by atoms with Crippen LogP contribution in [0.4, 0.5) is 14.9 Å². The lowest BCUT2D eigenvalue weighted by Crippen LogP contribution is -2.48. The average Bonchev–Trinajstić information content (AvgIpc) is 3.45. The Morgan fingerprint density at radius 3 is 2.82 bits per heavy atom. The van der Waals surface area contributed by atoms with Gasteiger partial charge in [0.05, 0.1) is 64.5 Å². The third-order valence-electron chi connectivity index (χ3n) is 8.00. The smallest absolute Gasteiger partial charge is 0.410 e. The van der Waals surface area contributed by atoms with E-state index in [1.165, 1.54) is 11.8 Å². The zero-order chi connectivity index (χ0) is 32.0. The fourth-order valence-corrected chi connectivity index (χ4v) is 6.94. The van der Waals surface area contributed by atoms with Gasteiger partial charge >= 0.3 is 6.09 Å². The Labute approximate surface area is 268 Å². The summed E-state index contributed by atoms with van der Waals surface area (Å²) in [5.41, 5.74) is 0.837. The van der Waals surface area contributed by atoms with Crippen molar-refractivity contribution in [3.05, 3.63) is 65.0 Å². The number of ether oxygens (including phenoxy) is 1. The van der Waals surface area contributed by atoms with Crippen LogP contribution in [0.2, 0.25) is 5.02 Å². The van der Waals surface area contributed by atoms with Gasteiger partial charge < -0.3 is 9.64 Å². The SMILES string of the molecule is [C-]#[N+]c1cccc2ccnc(-c3c(Cl)cc4c(nc(SC)c5cnn([C@H]6CCN(C(=O)OC(C)(C)C)[C@H](CC#N)C6)c54)c3F)c12. The Hall–Kier alpha value is -4.45. The second-order valence-electron chi connectivity index (χ2n) is 11.9. The molecule has 0 unspecified atom stereocenters. The minimum atomic E-state index is -0.662. The van der Waals surface area contributed by atoms with Crippen molar-refractivity contribution in [2.75, 3.05) is 12.8 Å². The Kier molecular flexibility index (Phi) is 8.02. The molecule has 4 heterocycles. The van der Waals surface area contributed by atoms with Crippen LogP contribution < -0.4 is 0 Å². The molecule has 1 aliphatic rings. The summed E-state index contributed by atoms with van der Waals surface area (Å²) >= 11 is 8.26. The normalized spacial score (nSPS) is 17.0. The number of nitriles is 1. The zero-order valence-electron chi connectivity index (χ0n) is 25.1. The van der Waals surface area contributed by atoms with E-state index >= 15 is 4.39 Å². The van der Waals surface area contributed by atoms with E-state index in [9.17, 15) is 10.1 Å². The minimum Gasteiger partial charge on any atom is -0.444 e. The molecular weight excluding hydrogens is 613 g/mol. The van der Waals surface area contributed by atoms with Gasteiger partial charge in [0.2, 0.25) is 0 Å². The molecule has 0 aliphatic carbocycles. The molecule has 0 radical (unpaired) electrons. The Morgan fingerprint density at radius 1 is 1.31 bits per heavy atom. The predicted octanol–water partition coefficient (Wildman–Crippen LogP) is 8.72. The number of piperidine rings is 1. The summed E-state index contributed by atoms with van der Waals surface area (Å²) in [6.07, 6.45) is 5.89. The fraction of sp³-hybridized carbons (Fsp3) is 0.333. The molecule has 1 fully saturated rings. The number of fused-ring (bicyclic) bond motifs is 4. The van der Waals surface area contributed by atoms with Gasteiger partial charge in [-0.15, -0.1) is 11.8 Å². The van der Waals surface area contributed by atoms with Crippen molar-refractivity contribution < 1.29 is 13.9 Å². The van der Waals surface area contributed by atoms with Crippen LogP contribution in [0.3, 0.4) is 0 Å². The number of nitrogens with zero attached hydrogens (tertiary/aromatic N) is 7. The van der Waals surface area contributed by atoms with Crippen LogP contribution >= 0.6 is 23.4 Å². The van der Waals surface area contributed by atoms with Crippen LogP contribution in [0.1, 0.15) is 46.1 Å². The van der Waals surface area contributed by atoms with Crippen molar-refractivity contribution in [2.45, 2.75) is 62.7 Å². The van der Waals surface area contributed by atoms with E-state index in [-0.39, 0.29) is 40.3 Å². The van der Waals surface area contributed by atoms with Crippen molar-refractivity contribution in [3.63, 3.8) is 0 Å². The maximum atomic E-state index is 16.7. The van der Waals surface area contributed by atoms with Gasteiger partial charge in [-0.3, -0.25) is 9.67 Å². The first kappa shape index (κ1) is 30.6. The third kappa shape index (κ3) is 5.41. The topological polar surface area (TPSA) is 101 Å². The standard InChI is InChI=1S/C33H29ClFN7O2S/c1-33(2,3)44-32(43)41-14-11-20(15-19(41)9-12-36)42-30-21-16-23(34)26(27(35)28(21)40-31(45-5)22(30)17-39-42)29-25-18(10-13-38-29)7-6-8-24(25)37-4/h6-8,10,13,16-17,19-20H,9,11,14-15H2,1-3,5H3/t19-,20+/m1/s1. The van der Waals surface area contributed by atoms with Gasteiger partial charge in [-0.25, -0.2) is 19.0 Å². The van der Waals surface area contributed by atoms with Gasteiger partial charge in [0, 0.05) is 23.5 Å². The number of carbonyl (C=O) groups is 1. The number of thioether (sulfide) groups is 1. The molecule has 0 saturated carbocycles. The van der Waals surface area contributed by atoms with E-state index in [1.54, 1.807) is 41.6 Å². The van der Waals surface area contributed by atoms with Crippen molar-refractivity contribution in [1.82, 2.24) is 24.6 Å². The molecule has 1 amide bonds. The number of pyridine rings is 2. The van der Waals surface area contributed by atoms with E-state index in [2.05, 4.69) is 15.9 Å². The number of carbonyl (C=O) groups excluding carboxylic acids is 1. The summed E-state index contributed by atoms with van der Waals surface area (Å²) in [4.78, 5) is 27.5. The molecule has 9 nitrogen and oxygen atoms in total. The minimum absolute atomic E-state index is 0.0792. The lowest BCUT2D eigenvalue weighted by Gasteiger charge is -2.39. The van der Waals surface area contributed by atoms with Gasteiger partial charge in [-0.05, 0) is 57.4 Å². The van der Waals surface area contributed by atoms with Crippen LogP contribution in [-0.4, -0.2) is 55.2 Å². The molecular formula is C33H29ClFN7O2S. The first-order valence-electron chi connectivity index (χ1n) is 14.4. The number of rotatable bonds is 4. The van der Waals surface area contributed by atoms with Crippen LogP contribution in [0.5, 0.6) is 0 Å². The molecule has 228 valence electrons. The fourth-order valence-electron chi connectivity index (χ4n) is 6.10. The summed E-state index contributed by atoms with van der Waals surface area (Å²) in [5.74, 6) is -0.635. The van der Waals surface area contributed by atoms with Gasteiger partial charge in [-0.2, -0.15) is 10.4 Å². The lowest BCUT2D eigenvalue weighted by molar-refractivity contribution is 0.00565. The Bertz CT molecular complexity index is 2070. The largest absolute Gasteiger partial charge is 0.444 e. The molecule has 0 N–H and O–H groups in total. The van der Waals surface area contributed by atoms with Crippen molar-refractivity contribution >= 4 is 67.7 Å². The zero-order valence-corrected chi connectivity index (χ0v) is 26.7. The molecule has 12 heteroatoms. The van der Waals surface area contributed by atoms with Gasteiger partial charge in [0.15, 0.2) is 11.5 Å². The summed E-state index contributed by atoms with van der Waals surface area (Å²) in [6.45, 7) is 13.5. The summed E-state index contributed by atoms with van der Waals surface area (Å²) in [7, 11) is 0. The van der Waals surface area contributed by atoms with Crippen molar-refractivity contribution in [1.29, 1.82) is 5.26 Å². The number of hydrogen-bond donors (Lipinski definition) is 0. The number of aromatic nitrogens is 4. The maximum Gasteiger partial charge on any atom is 0.410 e. The van der Waals surface area contributed by atoms with Gasteiger partial charge in [-0.1, -0.05) is 29.8 Å². The highest BCUT2D eigenvalue weighted by Crippen LogP contribution is 2.44. The quantitative estimate of drug-likeness (QED) is 0.143.